The number of carbonyl (C=O) groups is 1. The van der Waals surface area contributed by atoms with Crippen molar-refractivity contribution in [2.75, 3.05) is 13.6 Å². The van der Waals surface area contributed by atoms with Crippen LogP contribution in [0, 0.1) is 5.92 Å². The number of nitrogens with one attached hydrogen (secondary N) is 1. The average molecular weight is 274 g/mol. The summed E-state index contributed by atoms with van der Waals surface area (Å²) in [7, 11) is 1.82. The van der Waals surface area contributed by atoms with Gasteiger partial charge in [0.05, 0.1) is 15.5 Å². The van der Waals surface area contributed by atoms with Gasteiger partial charge < -0.3 is 10.4 Å². The molecule has 0 aliphatic heterocycles. The minimum atomic E-state index is -0.795. The van der Waals surface area contributed by atoms with E-state index in [0.717, 1.165) is 5.56 Å². The summed E-state index contributed by atoms with van der Waals surface area (Å²) in [6.45, 7) is 0.687. The number of rotatable bonds is 4. The van der Waals surface area contributed by atoms with Crippen LogP contribution >= 0.6 is 23.2 Å². The predicted octanol–water partition coefficient (Wildman–Crippen LogP) is 2.56. The van der Waals surface area contributed by atoms with Gasteiger partial charge in [0.1, 0.15) is 0 Å². The summed E-state index contributed by atoms with van der Waals surface area (Å²) < 4.78 is 0. The largest absolute Gasteiger partial charge is 0.481 e. The first kappa shape index (κ1) is 12.7. The molecule has 0 amide bonds. The van der Waals surface area contributed by atoms with Gasteiger partial charge in [-0.3, -0.25) is 4.79 Å². The SMILES string of the molecule is CNC[C@H]1C[C@@]1(C(=O)O)c1ccc(Cl)c(Cl)c1. The van der Waals surface area contributed by atoms with Crippen molar-refractivity contribution in [3.63, 3.8) is 0 Å². The molecule has 1 aliphatic rings. The molecule has 0 heterocycles. The fourth-order valence-corrected chi connectivity index (χ4v) is 2.63. The zero-order chi connectivity index (χ0) is 12.6. The lowest BCUT2D eigenvalue weighted by atomic mass is 9.93. The van der Waals surface area contributed by atoms with Crippen LogP contribution in [-0.4, -0.2) is 24.7 Å². The topological polar surface area (TPSA) is 49.3 Å². The molecule has 2 N–H and O–H groups in total. The van der Waals surface area contributed by atoms with Gasteiger partial charge in [-0.25, -0.2) is 0 Å². The van der Waals surface area contributed by atoms with Crippen molar-refractivity contribution < 1.29 is 9.90 Å². The van der Waals surface area contributed by atoms with Crippen LogP contribution in [-0.2, 0) is 10.2 Å². The molecule has 1 aliphatic carbocycles. The van der Waals surface area contributed by atoms with Crippen molar-refractivity contribution in [1.29, 1.82) is 0 Å². The molecule has 92 valence electrons. The van der Waals surface area contributed by atoms with Gasteiger partial charge in [0, 0.05) is 0 Å². The van der Waals surface area contributed by atoms with Gasteiger partial charge in [0.15, 0.2) is 0 Å². The maximum absolute atomic E-state index is 11.5. The van der Waals surface area contributed by atoms with E-state index in [9.17, 15) is 9.90 Å². The predicted molar refractivity (Wildman–Crippen MR) is 67.8 cm³/mol. The van der Waals surface area contributed by atoms with E-state index in [2.05, 4.69) is 5.32 Å². The highest BCUT2D eigenvalue weighted by Gasteiger charge is 2.61. The molecule has 1 aromatic carbocycles. The van der Waals surface area contributed by atoms with Crippen LogP contribution in [0.25, 0.3) is 0 Å². The monoisotopic (exact) mass is 273 g/mol. The third-order valence-corrected chi connectivity index (χ3v) is 4.11. The van der Waals surface area contributed by atoms with Gasteiger partial charge >= 0.3 is 5.97 Å². The lowest BCUT2D eigenvalue weighted by Crippen LogP contribution is -2.26. The summed E-state index contributed by atoms with van der Waals surface area (Å²) in [4.78, 5) is 11.5. The first-order valence-electron chi connectivity index (χ1n) is 5.36. The Kier molecular flexibility index (Phi) is 3.34. The molecule has 1 fully saturated rings. The molecule has 0 bridgehead atoms. The zero-order valence-corrected chi connectivity index (χ0v) is 10.8. The average Bonchev–Trinajstić information content (AvgIpc) is 2.98. The zero-order valence-electron chi connectivity index (χ0n) is 9.34. The van der Waals surface area contributed by atoms with Crippen LogP contribution in [0.3, 0.4) is 0 Å². The minimum Gasteiger partial charge on any atom is -0.481 e. The van der Waals surface area contributed by atoms with Gasteiger partial charge in [-0.2, -0.15) is 0 Å². The Bertz CT molecular complexity index is 464. The maximum atomic E-state index is 11.5. The summed E-state index contributed by atoms with van der Waals surface area (Å²) in [5, 5.41) is 13.3. The molecule has 0 radical (unpaired) electrons. The van der Waals surface area contributed by atoms with E-state index in [1.54, 1.807) is 18.2 Å². The normalized spacial score (nSPS) is 26.9. The van der Waals surface area contributed by atoms with Crippen molar-refractivity contribution in [3.8, 4) is 0 Å². The summed E-state index contributed by atoms with van der Waals surface area (Å²) in [5.41, 5.74) is -0.0586. The molecule has 0 spiro atoms. The van der Waals surface area contributed by atoms with Crippen LogP contribution < -0.4 is 5.32 Å². The third kappa shape index (κ3) is 2.03. The van der Waals surface area contributed by atoms with Crippen LogP contribution in [0.15, 0.2) is 18.2 Å². The first-order chi connectivity index (χ1) is 8.02. The van der Waals surface area contributed by atoms with E-state index in [1.807, 2.05) is 7.05 Å². The number of hydrogen-bond acceptors (Lipinski definition) is 2. The Balaban J connectivity index is 2.36. The van der Waals surface area contributed by atoms with E-state index in [-0.39, 0.29) is 5.92 Å². The number of aliphatic carboxylic acids is 1. The Morgan fingerprint density at radius 3 is 2.76 bits per heavy atom. The summed E-state index contributed by atoms with van der Waals surface area (Å²) in [5.74, 6) is -0.682. The molecule has 1 aromatic rings. The van der Waals surface area contributed by atoms with Crippen molar-refractivity contribution in [2.24, 2.45) is 5.92 Å². The summed E-state index contributed by atoms with van der Waals surface area (Å²) in [6, 6.07) is 5.06. The molecule has 0 aromatic heterocycles. The molecular weight excluding hydrogens is 261 g/mol. The first-order valence-corrected chi connectivity index (χ1v) is 6.11. The van der Waals surface area contributed by atoms with Crippen molar-refractivity contribution in [1.82, 2.24) is 5.32 Å². The number of hydrogen-bond donors (Lipinski definition) is 2. The highest BCUT2D eigenvalue weighted by molar-refractivity contribution is 6.42. The van der Waals surface area contributed by atoms with E-state index in [4.69, 9.17) is 23.2 Å². The quantitative estimate of drug-likeness (QED) is 0.887. The second-order valence-electron chi connectivity index (χ2n) is 4.36. The lowest BCUT2D eigenvalue weighted by Gasteiger charge is -2.13. The molecule has 0 saturated heterocycles. The third-order valence-electron chi connectivity index (χ3n) is 3.37. The molecule has 1 saturated carbocycles. The fraction of sp³-hybridized carbons (Fsp3) is 0.417. The Morgan fingerprint density at radius 1 is 1.53 bits per heavy atom. The van der Waals surface area contributed by atoms with Crippen molar-refractivity contribution in [3.05, 3.63) is 33.8 Å². The molecule has 0 unspecified atom stereocenters. The standard InChI is InChI=1S/C12H13Cl2NO2/c1-15-6-8-5-12(8,11(16)17)7-2-3-9(13)10(14)4-7/h2-4,8,15H,5-6H2,1H3,(H,16,17)/t8-,12-/m1/s1. The fourth-order valence-electron chi connectivity index (χ4n) is 2.34. The highest BCUT2D eigenvalue weighted by Crippen LogP contribution is 2.54. The number of carboxylic acid groups (broad SMARTS) is 1. The smallest absolute Gasteiger partial charge is 0.314 e. The van der Waals surface area contributed by atoms with E-state index in [0.29, 0.717) is 23.0 Å². The van der Waals surface area contributed by atoms with Gasteiger partial charge in [-0.05, 0) is 43.6 Å². The second-order valence-corrected chi connectivity index (χ2v) is 5.18. The second kappa shape index (κ2) is 4.48. The minimum absolute atomic E-state index is 0.113. The molecule has 17 heavy (non-hydrogen) atoms. The Morgan fingerprint density at radius 2 is 2.24 bits per heavy atom. The molecule has 3 nitrogen and oxygen atoms in total. The van der Waals surface area contributed by atoms with Gasteiger partial charge in [-0.15, -0.1) is 0 Å². The van der Waals surface area contributed by atoms with E-state index < -0.39 is 11.4 Å². The molecular formula is C12H13Cl2NO2. The molecule has 2 rings (SSSR count). The lowest BCUT2D eigenvalue weighted by molar-refractivity contribution is -0.140. The van der Waals surface area contributed by atoms with E-state index >= 15 is 0 Å². The molecule has 2 atom stereocenters. The maximum Gasteiger partial charge on any atom is 0.314 e. The van der Waals surface area contributed by atoms with Gasteiger partial charge in [0.25, 0.3) is 0 Å². The van der Waals surface area contributed by atoms with Gasteiger partial charge in [-0.1, -0.05) is 29.3 Å². The van der Waals surface area contributed by atoms with Crippen LogP contribution in [0.5, 0.6) is 0 Å². The summed E-state index contributed by atoms with van der Waals surface area (Å²) in [6.07, 6.45) is 0.640. The van der Waals surface area contributed by atoms with Crippen molar-refractivity contribution in [2.45, 2.75) is 11.8 Å². The van der Waals surface area contributed by atoms with Gasteiger partial charge in [0.2, 0.25) is 0 Å². The summed E-state index contributed by atoms with van der Waals surface area (Å²) >= 11 is 11.8. The molecule has 5 heteroatoms. The number of halogens is 2. The number of benzene rings is 1. The highest BCUT2D eigenvalue weighted by atomic mass is 35.5. The Labute approximate surface area is 110 Å². The van der Waals surface area contributed by atoms with E-state index in [1.165, 1.54) is 0 Å². The van der Waals surface area contributed by atoms with Crippen LogP contribution in [0.1, 0.15) is 12.0 Å². The number of carboxylic acids is 1. The van der Waals surface area contributed by atoms with Crippen molar-refractivity contribution >= 4 is 29.2 Å². The van der Waals surface area contributed by atoms with Crippen LogP contribution in [0.2, 0.25) is 10.0 Å². The Hall–Kier alpha value is -0.770. The van der Waals surface area contributed by atoms with Crippen LogP contribution in [0.4, 0.5) is 0 Å².